The summed E-state index contributed by atoms with van der Waals surface area (Å²) < 4.78 is 27.6. The molecule has 0 aliphatic heterocycles. The first kappa shape index (κ1) is 10.9. The summed E-state index contributed by atoms with van der Waals surface area (Å²) in [5.41, 5.74) is 0.453. The zero-order valence-electron chi connectivity index (χ0n) is 7.84. The second-order valence-electron chi connectivity index (χ2n) is 2.98. The van der Waals surface area contributed by atoms with Crippen molar-refractivity contribution in [3.63, 3.8) is 0 Å². The van der Waals surface area contributed by atoms with Crippen molar-refractivity contribution in [1.29, 1.82) is 5.26 Å². The Kier molecular flexibility index (Phi) is 2.58. The fraction of sp³-hybridized carbons (Fsp3) is 0.111. The molecule has 0 saturated carbocycles. The molecule has 0 aliphatic carbocycles. The molecular weight excluding hydrogens is 252 g/mol. The Hall–Kier alpha value is -1.58. The lowest BCUT2D eigenvalue weighted by Gasteiger charge is -1.94. The monoisotopic (exact) mass is 256 g/mol. The first-order valence-electron chi connectivity index (χ1n) is 4.22. The molecule has 7 heteroatoms. The number of nitriles is 1. The van der Waals surface area contributed by atoms with Crippen molar-refractivity contribution in [2.24, 2.45) is 0 Å². The summed E-state index contributed by atoms with van der Waals surface area (Å²) >= 11 is 0. The number of halogens is 1. The van der Waals surface area contributed by atoms with Crippen molar-refractivity contribution in [2.45, 2.75) is 11.3 Å². The van der Waals surface area contributed by atoms with Crippen LogP contribution < -0.4 is 0 Å². The topological polar surface area (TPSA) is 84.0 Å². The van der Waals surface area contributed by atoms with Gasteiger partial charge in [0, 0.05) is 10.7 Å². The number of fused-ring (bicyclic) bond motifs is 1. The molecular formula is C9H5ClN2O3S. The molecule has 2 aromatic rings. The molecule has 0 fully saturated rings. The van der Waals surface area contributed by atoms with E-state index in [1.165, 1.54) is 12.1 Å². The lowest BCUT2D eigenvalue weighted by molar-refractivity contribution is 0.540. The summed E-state index contributed by atoms with van der Waals surface area (Å²) in [5, 5.41) is 8.48. The molecule has 0 spiro atoms. The predicted octanol–water partition coefficient (Wildman–Crippen LogP) is 1.82. The van der Waals surface area contributed by atoms with E-state index >= 15 is 0 Å². The maximum absolute atomic E-state index is 11.2. The molecule has 0 radical (unpaired) electrons. The largest absolute Gasteiger partial charge is 0.438 e. The molecule has 1 aromatic heterocycles. The molecule has 82 valence electrons. The lowest BCUT2D eigenvalue weighted by atomic mass is 10.3. The van der Waals surface area contributed by atoms with Crippen molar-refractivity contribution in [1.82, 2.24) is 4.98 Å². The van der Waals surface area contributed by atoms with Crippen LogP contribution in [-0.2, 0) is 15.5 Å². The van der Waals surface area contributed by atoms with E-state index in [1.807, 2.05) is 6.07 Å². The smallest absolute Gasteiger partial charge is 0.265 e. The second kappa shape index (κ2) is 3.77. The standard InChI is InChI=1S/C9H5ClN2O3S/c10-16(13,14)7-3-1-2-6-9(7)15-8(12-6)4-5-11/h1-3H,4H2. The van der Waals surface area contributed by atoms with Crippen LogP contribution in [0.3, 0.4) is 0 Å². The van der Waals surface area contributed by atoms with E-state index < -0.39 is 9.05 Å². The van der Waals surface area contributed by atoms with Gasteiger partial charge in [0.1, 0.15) is 16.8 Å². The summed E-state index contributed by atoms with van der Waals surface area (Å²) in [5.74, 6) is 0.172. The Morgan fingerprint density at radius 1 is 1.50 bits per heavy atom. The van der Waals surface area contributed by atoms with Gasteiger partial charge < -0.3 is 4.42 Å². The van der Waals surface area contributed by atoms with Gasteiger partial charge >= 0.3 is 0 Å². The van der Waals surface area contributed by atoms with E-state index in [-0.39, 0.29) is 22.8 Å². The van der Waals surface area contributed by atoms with Crippen molar-refractivity contribution in [3.8, 4) is 6.07 Å². The molecule has 0 aliphatic rings. The summed E-state index contributed by atoms with van der Waals surface area (Å²) in [6.45, 7) is 0. The maximum Gasteiger partial charge on any atom is 0.265 e. The highest BCUT2D eigenvalue weighted by Gasteiger charge is 2.18. The third-order valence-corrected chi connectivity index (χ3v) is 3.26. The Morgan fingerprint density at radius 2 is 2.25 bits per heavy atom. The summed E-state index contributed by atoms with van der Waals surface area (Å²) in [4.78, 5) is 3.83. The molecule has 0 amide bonds. The van der Waals surface area contributed by atoms with E-state index in [0.717, 1.165) is 0 Å². The Labute approximate surface area is 95.7 Å². The average molecular weight is 257 g/mol. The van der Waals surface area contributed by atoms with Crippen LogP contribution in [0.5, 0.6) is 0 Å². The number of para-hydroxylation sites is 1. The molecule has 16 heavy (non-hydrogen) atoms. The van der Waals surface area contributed by atoms with Gasteiger partial charge in [0.2, 0.25) is 5.89 Å². The molecule has 2 rings (SSSR count). The van der Waals surface area contributed by atoms with Crippen LogP contribution in [0.2, 0.25) is 0 Å². The Bertz CT molecular complexity index is 684. The van der Waals surface area contributed by atoms with Gasteiger partial charge in [-0.2, -0.15) is 5.26 Å². The van der Waals surface area contributed by atoms with Gasteiger partial charge in [-0.1, -0.05) is 6.07 Å². The second-order valence-corrected chi connectivity index (χ2v) is 5.52. The first-order chi connectivity index (χ1) is 7.52. The Morgan fingerprint density at radius 3 is 2.88 bits per heavy atom. The molecule has 0 N–H and O–H groups in total. The molecule has 0 unspecified atom stereocenters. The molecule has 1 aromatic carbocycles. The normalized spacial score (nSPS) is 11.5. The number of oxazole rings is 1. The SMILES string of the molecule is N#CCc1nc2cccc(S(=O)(=O)Cl)c2o1. The van der Waals surface area contributed by atoms with Crippen molar-refractivity contribution >= 4 is 30.8 Å². The number of hydrogen-bond acceptors (Lipinski definition) is 5. The summed E-state index contributed by atoms with van der Waals surface area (Å²) in [6.07, 6.45) is -0.0174. The van der Waals surface area contributed by atoms with E-state index in [9.17, 15) is 8.42 Å². The Balaban J connectivity index is 2.74. The minimum absolute atomic E-state index is 0.0174. The van der Waals surface area contributed by atoms with Crippen LogP contribution in [0.1, 0.15) is 5.89 Å². The van der Waals surface area contributed by atoms with Gasteiger partial charge in [0.05, 0.1) is 6.07 Å². The quantitative estimate of drug-likeness (QED) is 0.765. The molecule has 5 nitrogen and oxygen atoms in total. The number of nitrogens with zero attached hydrogens (tertiary/aromatic N) is 2. The van der Waals surface area contributed by atoms with Crippen LogP contribution in [0, 0.1) is 11.3 Å². The summed E-state index contributed by atoms with van der Waals surface area (Å²) in [6, 6.07) is 6.29. The average Bonchev–Trinajstić information content (AvgIpc) is 2.58. The van der Waals surface area contributed by atoms with Gasteiger partial charge in [-0.25, -0.2) is 13.4 Å². The van der Waals surface area contributed by atoms with E-state index in [2.05, 4.69) is 4.98 Å². The van der Waals surface area contributed by atoms with Gasteiger partial charge in [-0.3, -0.25) is 0 Å². The first-order valence-corrected chi connectivity index (χ1v) is 6.53. The highest BCUT2D eigenvalue weighted by Crippen LogP contribution is 2.26. The highest BCUT2D eigenvalue weighted by atomic mass is 35.7. The van der Waals surface area contributed by atoms with Crippen LogP contribution in [-0.4, -0.2) is 13.4 Å². The fourth-order valence-electron chi connectivity index (χ4n) is 1.31. The summed E-state index contributed by atoms with van der Waals surface area (Å²) in [7, 11) is 1.37. The molecule has 0 saturated heterocycles. The minimum atomic E-state index is -3.88. The third kappa shape index (κ3) is 1.87. The zero-order chi connectivity index (χ0) is 11.8. The van der Waals surface area contributed by atoms with E-state index in [0.29, 0.717) is 5.52 Å². The lowest BCUT2D eigenvalue weighted by Crippen LogP contribution is -1.90. The number of aromatic nitrogens is 1. The van der Waals surface area contributed by atoms with E-state index in [1.54, 1.807) is 6.07 Å². The van der Waals surface area contributed by atoms with Gasteiger partial charge in [0.25, 0.3) is 9.05 Å². The van der Waals surface area contributed by atoms with Crippen LogP contribution >= 0.6 is 10.7 Å². The van der Waals surface area contributed by atoms with Gasteiger partial charge in [0.15, 0.2) is 5.58 Å². The number of benzene rings is 1. The number of hydrogen-bond donors (Lipinski definition) is 0. The fourth-order valence-corrected chi connectivity index (χ4v) is 2.28. The number of rotatable bonds is 2. The van der Waals surface area contributed by atoms with Crippen LogP contribution in [0.4, 0.5) is 0 Å². The van der Waals surface area contributed by atoms with Gasteiger partial charge in [-0.05, 0) is 12.1 Å². The molecule has 1 heterocycles. The van der Waals surface area contributed by atoms with Crippen LogP contribution in [0.15, 0.2) is 27.5 Å². The third-order valence-electron chi connectivity index (χ3n) is 1.92. The van der Waals surface area contributed by atoms with Crippen molar-refractivity contribution in [2.75, 3.05) is 0 Å². The van der Waals surface area contributed by atoms with E-state index in [4.69, 9.17) is 20.4 Å². The van der Waals surface area contributed by atoms with Crippen LogP contribution in [0.25, 0.3) is 11.1 Å². The van der Waals surface area contributed by atoms with Crippen molar-refractivity contribution in [3.05, 3.63) is 24.1 Å². The minimum Gasteiger partial charge on any atom is -0.438 e. The molecule has 0 atom stereocenters. The predicted molar refractivity (Wildman–Crippen MR) is 56.4 cm³/mol. The zero-order valence-corrected chi connectivity index (χ0v) is 9.42. The van der Waals surface area contributed by atoms with Gasteiger partial charge in [-0.15, -0.1) is 0 Å². The highest BCUT2D eigenvalue weighted by molar-refractivity contribution is 8.13. The van der Waals surface area contributed by atoms with Crippen molar-refractivity contribution < 1.29 is 12.8 Å². The molecule has 0 bridgehead atoms. The maximum atomic E-state index is 11.2.